The third-order valence-corrected chi connectivity index (χ3v) is 12.2. The summed E-state index contributed by atoms with van der Waals surface area (Å²) in [6, 6.07) is 22.6. The number of methoxy groups -OCH3 is 1. The Hall–Kier alpha value is -5.00. The molecule has 2 aliphatic heterocycles. The monoisotopic (exact) mass is 797 g/mol. The number of nitrogens with zero attached hydrogens (tertiary/aromatic N) is 2. The first-order valence-corrected chi connectivity index (χ1v) is 18.6. The molecule has 2 aliphatic carbocycles. The standard InChI is InChI=1S/C41H34BrClFN3O6/c1-3-21-4-14-27(15-5-21)46-37(49)29-17-16-28-30(34(29)39(46)51)20-32-38(50)47(45-26-12-10-25(44)11-13-26)40(52)41(32,22-6-8-24(43)9-7-22)35(28)31-18-23(42)19-33(53-2)36(31)48/h4-16,18-19,29-30,32,34-35,45,48H,3,17,20H2,1-2H3/t29-,30+,32-,34-,35+,41+/m0/s1. The molecule has 9 nitrogen and oxygen atoms in total. The first-order valence-electron chi connectivity index (χ1n) is 17.4. The molecule has 8 rings (SSSR count). The van der Waals surface area contributed by atoms with Gasteiger partial charge in [0, 0.05) is 21.0 Å². The summed E-state index contributed by atoms with van der Waals surface area (Å²) in [4.78, 5) is 60.1. The zero-order valence-electron chi connectivity index (χ0n) is 28.7. The average Bonchev–Trinajstić information content (AvgIpc) is 3.54. The topological polar surface area (TPSA) is 116 Å². The van der Waals surface area contributed by atoms with Crippen LogP contribution in [0.3, 0.4) is 0 Å². The van der Waals surface area contributed by atoms with Crippen molar-refractivity contribution in [2.45, 2.75) is 37.5 Å². The van der Waals surface area contributed by atoms with Crippen LogP contribution in [0.1, 0.15) is 42.4 Å². The number of hydrazine groups is 1. The van der Waals surface area contributed by atoms with Gasteiger partial charge in [0.2, 0.25) is 11.8 Å². The van der Waals surface area contributed by atoms with Crippen molar-refractivity contribution in [1.82, 2.24) is 5.01 Å². The van der Waals surface area contributed by atoms with Crippen LogP contribution in [-0.4, -0.2) is 40.9 Å². The zero-order chi connectivity index (χ0) is 37.3. The Bertz CT molecular complexity index is 2210. The fraction of sp³-hybridized carbons (Fsp3) is 0.268. The number of benzene rings is 4. The highest BCUT2D eigenvalue weighted by molar-refractivity contribution is 9.10. The van der Waals surface area contributed by atoms with E-state index in [2.05, 4.69) is 21.4 Å². The average molecular weight is 799 g/mol. The number of aromatic hydroxyl groups is 1. The maximum Gasteiger partial charge on any atom is 0.260 e. The Balaban J connectivity index is 1.34. The van der Waals surface area contributed by atoms with E-state index < -0.39 is 52.6 Å². The van der Waals surface area contributed by atoms with Crippen molar-refractivity contribution in [2.75, 3.05) is 17.4 Å². The third kappa shape index (κ3) is 5.30. The summed E-state index contributed by atoms with van der Waals surface area (Å²) in [5.74, 6) is -6.65. The van der Waals surface area contributed by atoms with Gasteiger partial charge in [0.1, 0.15) is 5.82 Å². The minimum absolute atomic E-state index is 0.0613. The molecule has 270 valence electrons. The molecular formula is C41H34BrClFN3O6. The van der Waals surface area contributed by atoms with E-state index in [-0.39, 0.29) is 36.2 Å². The van der Waals surface area contributed by atoms with Crippen molar-refractivity contribution < 1.29 is 33.4 Å². The van der Waals surface area contributed by atoms with E-state index >= 15 is 4.79 Å². The summed E-state index contributed by atoms with van der Waals surface area (Å²) >= 11 is 9.93. The number of amides is 4. The van der Waals surface area contributed by atoms with Crippen LogP contribution in [0.15, 0.2) is 101 Å². The van der Waals surface area contributed by atoms with Gasteiger partial charge in [0.05, 0.1) is 41.7 Å². The molecule has 0 bridgehead atoms. The number of carbonyl (C=O) groups excluding carboxylic acids is 4. The van der Waals surface area contributed by atoms with Crippen LogP contribution < -0.4 is 15.1 Å². The number of halogens is 3. The first kappa shape index (κ1) is 35.1. The molecule has 2 saturated heterocycles. The smallest absolute Gasteiger partial charge is 0.260 e. The Kier molecular flexibility index (Phi) is 8.69. The van der Waals surface area contributed by atoms with Gasteiger partial charge in [-0.1, -0.05) is 70.4 Å². The van der Waals surface area contributed by atoms with Gasteiger partial charge in [-0.25, -0.2) is 4.39 Å². The number of rotatable bonds is 7. The number of hydrogen-bond acceptors (Lipinski definition) is 7. The van der Waals surface area contributed by atoms with Crippen LogP contribution in [0, 0.1) is 29.5 Å². The van der Waals surface area contributed by atoms with Gasteiger partial charge in [0.15, 0.2) is 11.5 Å². The molecule has 4 aromatic carbocycles. The summed E-state index contributed by atoms with van der Waals surface area (Å²) in [5, 5.41) is 13.3. The van der Waals surface area contributed by atoms with Crippen LogP contribution >= 0.6 is 27.5 Å². The van der Waals surface area contributed by atoms with Gasteiger partial charge < -0.3 is 9.84 Å². The van der Waals surface area contributed by atoms with E-state index in [0.717, 1.165) is 17.0 Å². The van der Waals surface area contributed by atoms with Crippen LogP contribution in [0.25, 0.3) is 0 Å². The SMILES string of the molecule is CCc1ccc(N2C(=O)[C@H]3[C@H](CC=C4[C@H]3C[C@H]3C(=O)N(Nc5ccc(F)cc5)C(=O)[C@@]3(c3ccc(Cl)cc3)[C@H]4c3cc(Br)cc(OC)c3O)C2=O)cc1. The van der Waals surface area contributed by atoms with Crippen LogP contribution in [0.4, 0.5) is 15.8 Å². The molecule has 1 saturated carbocycles. The van der Waals surface area contributed by atoms with Crippen LogP contribution in [0.5, 0.6) is 11.5 Å². The largest absolute Gasteiger partial charge is 0.504 e. The number of fused-ring (bicyclic) bond motifs is 4. The molecule has 12 heteroatoms. The Morgan fingerprint density at radius 3 is 2.30 bits per heavy atom. The fourth-order valence-electron chi connectivity index (χ4n) is 9.10. The van der Waals surface area contributed by atoms with E-state index in [1.54, 1.807) is 48.5 Å². The molecule has 53 heavy (non-hydrogen) atoms. The summed E-state index contributed by atoms with van der Waals surface area (Å²) in [7, 11) is 1.42. The second-order valence-electron chi connectivity index (χ2n) is 14.0. The number of nitrogens with one attached hydrogen (secondary N) is 1. The lowest BCUT2D eigenvalue weighted by molar-refractivity contribution is -0.138. The molecule has 0 radical (unpaired) electrons. The van der Waals surface area contributed by atoms with Crippen molar-refractivity contribution in [3.8, 4) is 11.5 Å². The molecular weight excluding hydrogens is 765 g/mol. The van der Waals surface area contributed by atoms with Crippen LogP contribution in [0.2, 0.25) is 5.02 Å². The number of aryl methyl sites for hydroxylation is 1. The summed E-state index contributed by atoms with van der Waals surface area (Å²) in [6.45, 7) is 2.02. The number of anilines is 2. The number of phenolic OH excluding ortho intramolecular Hbond substituents is 1. The maximum absolute atomic E-state index is 15.3. The van der Waals surface area contributed by atoms with E-state index in [0.29, 0.717) is 37.6 Å². The highest BCUT2D eigenvalue weighted by Gasteiger charge is 2.70. The molecule has 0 spiro atoms. The normalized spacial score (nSPS) is 26.3. The highest BCUT2D eigenvalue weighted by Crippen LogP contribution is 2.65. The number of imide groups is 2. The van der Waals surface area contributed by atoms with Gasteiger partial charge in [-0.15, -0.1) is 0 Å². The third-order valence-electron chi connectivity index (χ3n) is 11.5. The van der Waals surface area contributed by atoms with Gasteiger partial charge in [-0.05, 0) is 97.0 Å². The van der Waals surface area contributed by atoms with Crippen molar-refractivity contribution in [3.05, 3.63) is 129 Å². The number of hydrogen-bond donors (Lipinski definition) is 2. The lowest BCUT2D eigenvalue weighted by Crippen LogP contribution is -2.53. The highest BCUT2D eigenvalue weighted by atomic mass is 79.9. The zero-order valence-corrected chi connectivity index (χ0v) is 31.0. The van der Waals surface area contributed by atoms with E-state index in [1.165, 1.54) is 36.3 Å². The van der Waals surface area contributed by atoms with E-state index in [4.69, 9.17) is 16.3 Å². The minimum atomic E-state index is -1.66. The minimum Gasteiger partial charge on any atom is -0.504 e. The number of phenols is 1. The van der Waals surface area contributed by atoms with Crippen LogP contribution in [-0.2, 0) is 31.0 Å². The lowest BCUT2D eigenvalue weighted by atomic mass is 9.49. The molecule has 0 unspecified atom stereocenters. The predicted molar refractivity (Wildman–Crippen MR) is 200 cm³/mol. The van der Waals surface area contributed by atoms with Crippen molar-refractivity contribution in [2.24, 2.45) is 23.7 Å². The second-order valence-corrected chi connectivity index (χ2v) is 15.3. The van der Waals surface area contributed by atoms with Gasteiger partial charge in [-0.3, -0.25) is 29.5 Å². The Morgan fingerprint density at radius 1 is 0.943 bits per heavy atom. The number of ether oxygens (including phenoxy) is 1. The molecule has 2 heterocycles. The fourth-order valence-corrected chi connectivity index (χ4v) is 9.69. The predicted octanol–water partition coefficient (Wildman–Crippen LogP) is 7.71. The molecule has 4 aromatic rings. The van der Waals surface area contributed by atoms with E-state index in [1.807, 2.05) is 25.1 Å². The van der Waals surface area contributed by atoms with Crippen molar-refractivity contribution in [3.63, 3.8) is 0 Å². The summed E-state index contributed by atoms with van der Waals surface area (Å²) < 4.78 is 20.0. The first-order chi connectivity index (χ1) is 25.5. The van der Waals surface area contributed by atoms with Gasteiger partial charge in [0.25, 0.3) is 11.8 Å². The molecule has 4 aliphatic rings. The Morgan fingerprint density at radius 2 is 1.64 bits per heavy atom. The van der Waals surface area contributed by atoms with Crippen molar-refractivity contribution >= 4 is 62.5 Å². The summed E-state index contributed by atoms with van der Waals surface area (Å²) in [6.07, 6.45) is 2.99. The molecule has 0 aromatic heterocycles. The van der Waals surface area contributed by atoms with Gasteiger partial charge in [-0.2, -0.15) is 5.01 Å². The number of carbonyl (C=O) groups is 4. The lowest BCUT2D eigenvalue weighted by Gasteiger charge is -2.50. The van der Waals surface area contributed by atoms with Gasteiger partial charge >= 0.3 is 0 Å². The molecule has 2 N–H and O–H groups in total. The molecule has 4 amide bonds. The molecule has 3 fully saturated rings. The quantitative estimate of drug-likeness (QED) is 0.145. The molecule has 6 atom stereocenters. The van der Waals surface area contributed by atoms with E-state index in [9.17, 15) is 23.9 Å². The maximum atomic E-state index is 15.3. The summed E-state index contributed by atoms with van der Waals surface area (Å²) in [5.41, 5.74) is 4.57. The number of allylic oxidation sites excluding steroid dienone is 2. The van der Waals surface area contributed by atoms with Crippen molar-refractivity contribution in [1.29, 1.82) is 0 Å². The second kappa shape index (κ2) is 13.1. The Labute approximate surface area is 318 Å².